The third-order valence-electron chi connectivity index (χ3n) is 5.18. The van der Waals surface area contributed by atoms with Crippen molar-refractivity contribution in [2.24, 2.45) is 5.14 Å². The summed E-state index contributed by atoms with van der Waals surface area (Å²) in [7, 11) is -4.26. The number of sulfonamides is 1. The van der Waals surface area contributed by atoms with Gasteiger partial charge in [0.2, 0.25) is 10.0 Å². The van der Waals surface area contributed by atoms with Crippen molar-refractivity contribution in [1.82, 2.24) is 14.3 Å². The number of hydrogen-bond acceptors (Lipinski definition) is 4. The molecular formula is C20H16FN5O3S. The summed E-state index contributed by atoms with van der Waals surface area (Å²) < 4.78 is 40.7. The Kier molecular flexibility index (Phi) is 4.02. The molecule has 1 aliphatic rings. The molecule has 8 nitrogen and oxygen atoms in total. The number of carbonyl (C=O) groups excluding carboxylic acids is 1. The zero-order chi connectivity index (χ0) is 21.0. The lowest BCUT2D eigenvalue weighted by molar-refractivity contribution is 0.246. The molecule has 0 bridgehead atoms. The molecule has 30 heavy (non-hydrogen) atoms. The number of carbonyl (C=O) groups is 1. The van der Waals surface area contributed by atoms with Gasteiger partial charge in [-0.2, -0.15) is 5.10 Å². The Morgan fingerprint density at radius 2 is 1.80 bits per heavy atom. The summed E-state index contributed by atoms with van der Waals surface area (Å²) in [6.07, 6.45) is 4.04. The fourth-order valence-electron chi connectivity index (χ4n) is 3.78. The van der Waals surface area contributed by atoms with Crippen LogP contribution in [-0.4, -0.2) is 35.3 Å². The molecule has 0 saturated carbocycles. The van der Waals surface area contributed by atoms with E-state index in [-0.39, 0.29) is 6.03 Å². The highest BCUT2D eigenvalue weighted by atomic mass is 32.2. The van der Waals surface area contributed by atoms with E-state index in [0.717, 1.165) is 17.8 Å². The predicted molar refractivity (Wildman–Crippen MR) is 109 cm³/mol. The van der Waals surface area contributed by atoms with E-state index >= 15 is 0 Å². The van der Waals surface area contributed by atoms with Gasteiger partial charge in [-0.3, -0.25) is 9.47 Å². The second-order valence-electron chi connectivity index (χ2n) is 7.01. The highest BCUT2D eigenvalue weighted by molar-refractivity contribution is 7.89. The fourth-order valence-corrected chi connectivity index (χ4v) is 4.39. The van der Waals surface area contributed by atoms with Crippen LogP contribution < -0.4 is 10.0 Å². The lowest BCUT2D eigenvalue weighted by atomic mass is 10.2. The number of nitrogens with zero attached hydrogens (tertiary/aromatic N) is 4. The predicted octanol–water partition coefficient (Wildman–Crippen LogP) is 2.64. The van der Waals surface area contributed by atoms with Gasteiger partial charge in [-0.05, 0) is 48.5 Å². The number of nitrogens with two attached hydrogens (primary N) is 1. The van der Waals surface area contributed by atoms with Crippen LogP contribution in [0.1, 0.15) is 5.69 Å². The first-order valence-corrected chi connectivity index (χ1v) is 10.7. The van der Waals surface area contributed by atoms with Gasteiger partial charge in [-0.1, -0.05) is 0 Å². The summed E-state index contributed by atoms with van der Waals surface area (Å²) in [5.41, 5.74) is 2.54. The third kappa shape index (κ3) is 2.88. The van der Waals surface area contributed by atoms with E-state index in [1.54, 1.807) is 21.8 Å². The Labute approximate surface area is 171 Å². The highest BCUT2D eigenvalue weighted by Gasteiger charge is 2.28. The van der Waals surface area contributed by atoms with Crippen molar-refractivity contribution in [2.45, 2.75) is 11.3 Å². The summed E-state index contributed by atoms with van der Waals surface area (Å²) in [5.74, 6) is -0.938. The topological polar surface area (TPSA) is 103 Å². The Morgan fingerprint density at radius 1 is 1.07 bits per heavy atom. The average Bonchev–Trinajstić information content (AvgIpc) is 3.35. The second-order valence-corrected chi connectivity index (χ2v) is 8.54. The number of amides is 1. The molecule has 0 aliphatic carbocycles. The maximum Gasteiger partial charge on any atom is 0.333 e. The van der Waals surface area contributed by atoms with E-state index < -0.39 is 20.7 Å². The molecular weight excluding hydrogens is 409 g/mol. The minimum atomic E-state index is -4.26. The Balaban J connectivity index is 1.56. The van der Waals surface area contributed by atoms with Crippen molar-refractivity contribution in [2.75, 3.05) is 11.4 Å². The SMILES string of the molecule is NS(=O)(=O)c1cc2c(cc1F)cc1n2C(=O)N(c2ccc(-n3cccn3)cc2)CC1. The molecule has 2 aromatic carbocycles. The lowest BCUT2D eigenvalue weighted by Gasteiger charge is -2.29. The van der Waals surface area contributed by atoms with Crippen LogP contribution in [0.15, 0.2) is 65.8 Å². The van der Waals surface area contributed by atoms with E-state index in [0.29, 0.717) is 35.2 Å². The monoisotopic (exact) mass is 425 g/mol. The minimum absolute atomic E-state index is 0.304. The molecule has 1 aliphatic heterocycles. The summed E-state index contributed by atoms with van der Waals surface area (Å²) in [5, 5.41) is 9.74. The Morgan fingerprint density at radius 3 is 2.47 bits per heavy atom. The first-order valence-electron chi connectivity index (χ1n) is 9.11. The van der Waals surface area contributed by atoms with Crippen LogP contribution >= 0.6 is 0 Å². The number of anilines is 1. The molecule has 2 aromatic heterocycles. The maximum absolute atomic E-state index is 14.2. The first kappa shape index (κ1) is 18.5. The number of benzene rings is 2. The molecule has 5 rings (SSSR count). The van der Waals surface area contributed by atoms with Gasteiger partial charge in [0.25, 0.3) is 0 Å². The maximum atomic E-state index is 14.2. The molecule has 0 unspecified atom stereocenters. The highest BCUT2D eigenvalue weighted by Crippen LogP contribution is 2.30. The van der Waals surface area contributed by atoms with Gasteiger partial charge >= 0.3 is 6.03 Å². The molecule has 0 fully saturated rings. The van der Waals surface area contributed by atoms with Crippen molar-refractivity contribution in [3.8, 4) is 5.69 Å². The minimum Gasteiger partial charge on any atom is -0.293 e. The standard InChI is InChI=1S/C20H16FN5O3S/c21-17-11-13-10-16-6-9-24(14-2-4-15(5-3-14)25-8-1-7-23-25)20(27)26(16)18(13)12-19(17)30(22,28)29/h1-5,7-8,10-12H,6,9H2,(H2,22,28,29). The zero-order valence-electron chi connectivity index (χ0n) is 15.6. The molecule has 0 saturated heterocycles. The number of hydrogen-bond donors (Lipinski definition) is 1. The van der Waals surface area contributed by atoms with E-state index in [4.69, 9.17) is 5.14 Å². The smallest absolute Gasteiger partial charge is 0.293 e. The van der Waals surface area contributed by atoms with Gasteiger partial charge in [-0.25, -0.2) is 27.4 Å². The molecule has 0 atom stereocenters. The fraction of sp³-hybridized carbons (Fsp3) is 0.100. The molecule has 2 N–H and O–H groups in total. The Hall–Kier alpha value is -3.50. The summed E-state index contributed by atoms with van der Waals surface area (Å²) in [4.78, 5) is 14.2. The van der Waals surface area contributed by atoms with Gasteiger partial charge in [0.05, 0.1) is 11.2 Å². The quantitative estimate of drug-likeness (QED) is 0.545. The first-order chi connectivity index (χ1) is 14.3. The van der Waals surface area contributed by atoms with E-state index in [1.165, 1.54) is 4.57 Å². The van der Waals surface area contributed by atoms with Crippen LogP contribution in [-0.2, 0) is 16.4 Å². The molecule has 4 aromatic rings. The summed E-state index contributed by atoms with van der Waals surface area (Å²) in [6, 6.07) is 12.7. The van der Waals surface area contributed by atoms with Gasteiger partial charge < -0.3 is 0 Å². The molecule has 1 amide bonds. The van der Waals surface area contributed by atoms with Crippen LogP contribution in [0.25, 0.3) is 16.6 Å². The normalized spacial score (nSPS) is 14.3. The number of rotatable bonds is 3. The second kappa shape index (κ2) is 6.51. The molecule has 10 heteroatoms. The van der Waals surface area contributed by atoms with Crippen LogP contribution in [0, 0.1) is 5.82 Å². The Bertz CT molecular complexity index is 1390. The van der Waals surface area contributed by atoms with Crippen molar-refractivity contribution in [3.63, 3.8) is 0 Å². The van der Waals surface area contributed by atoms with Crippen molar-refractivity contribution in [3.05, 3.63) is 72.4 Å². The van der Waals surface area contributed by atoms with Gasteiger partial charge in [-0.15, -0.1) is 0 Å². The van der Waals surface area contributed by atoms with Gasteiger partial charge in [0, 0.05) is 42.1 Å². The average molecular weight is 425 g/mol. The van der Waals surface area contributed by atoms with Crippen LogP contribution in [0.2, 0.25) is 0 Å². The largest absolute Gasteiger partial charge is 0.333 e. The van der Waals surface area contributed by atoms with E-state index in [2.05, 4.69) is 5.10 Å². The van der Waals surface area contributed by atoms with E-state index in [9.17, 15) is 17.6 Å². The van der Waals surface area contributed by atoms with Gasteiger partial charge in [0.15, 0.2) is 0 Å². The van der Waals surface area contributed by atoms with Crippen molar-refractivity contribution in [1.29, 1.82) is 0 Å². The molecule has 3 heterocycles. The summed E-state index contributed by atoms with van der Waals surface area (Å²) in [6.45, 7) is 0.445. The summed E-state index contributed by atoms with van der Waals surface area (Å²) >= 11 is 0. The third-order valence-corrected chi connectivity index (χ3v) is 6.11. The van der Waals surface area contributed by atoms with Gasteiger partial charge in [0.1, 0.15) is 10.7 Å². The molecule has 152 valence electrons. The van der Waals surface area contributed by atoms with E-state index in [1.807, 2.05) is 36.5 Å². The van der Waals surface area contributed by atoms with Crippen LogP contribution in [0.5, 0.6) is 0 Å². The number of fused-ring (bicyclic) bond motifs is 3. The molecule has 0 spiro atoms. The number of halogens is 1. The van der Waals surface area contributed by atoms with Crippen LogP contribution in [0.4, 0.5) is 14.9 Å². The lowest BCUT2D eigenvalue weighted by Crippen LogP contribution is -2.41. The number of primary sulfonamides is 1. The van der Waals surface area contributed by atoms with Crippen molar-refractivity contribution >= 4 is 32.6 Å². The number of aromatic nitrogens is 3. The van der Waals surface area contributed by atoms with Crippen molar-refractivity contribution < 1.29 is 17.6 Å². The zero-order valence-corrected chi connectivity index (χ0v) is 16.4. The van der Waals surface area contributed by atoms with Crippen LogP contribution in [0.3, 0.4) is 0 Å². The molecule has 0 radical (unpaired) electrons.